The molecule has 0 atom stereocenters. The number of benzene rings is 1. The number of nitrogens with one attached hydrogen (secondary N) is 1. The van der Waals surface area contributed by atoms with Gasteiger partial charge >= 0.3 is 0 Å². The number of hydrogen-bond acceptors (Lipinski definition) is 2. The lowest BCUT2D eigenvalue weighted by Crippen LogP contribution is -2.44. The normalized spacial score (nSPS) is 12.5. The van der Waals surface area contributed by atoms with Gasteiger partial charge in [0.15, 0.2) is 0 Å². The number of methoxy groups -OCH3 is 1. The Morgan fingerprint density at radius 3 is 2.24 bits per heavy atom. The summed E-state index contributed by atoms with van der Waals surface area (Å²) in [7, 11) is 1.72. The van der Waals surface area contributed by atoms with Gasteiger partial charge in [0, 0.05) is 17.1 Å². The summed E-state index contributed by atoms with van der Waals surface area (Å²) in [6.45, 7) is 12.2. The van der Waals surface area contributed by atoms with Crippen molar-refractivity contribution in [2.24, 2.45) is 5.41 Å². The molecule has 21 heavy (non-hydrogen) atoms. The molecule has 0 spiro atoms. The van der Waals surface area contributed by atoms with Crippen molar-refractivity contribution in [1.82, 2.24) is 5.32 Å². The first kappa shape index (κ1) is 18.3. The molecular formula is C18H30ClNO. The van der Waals surface area contributed by atoms with Gasteiger partial charge in [-0.25, -0.2) is 0 Å². The summed E-state index contributed by atoms with van der Waals surface area (Å²) < 4.78 is 5.50. The van der Waals surface area contributed by atoms with E-state index in [0.717, 1.165) is 36.6 Å². The standard InChI is InChI=1S/C18H30ClNO/c1-7-18(8-2,13-20-17(3,4)5)12-14-11-15(19)9-10-16(14)21-6/h9-11,20H,7-8,12-13H2,1-6H3. The molecule has 0 aliphatic rings. The molecule has 0 saturated heterocycles. The van der Waals surface area contributed by atoms with E-state index in [4.69, 9.17) is 16.3 Å². The minimum atomic E-state index is 0.133. The lowest BCUT2D eigenvalue weighted by molar-refractivity contribution is 0.218. The van der Waals surface area contributed by atoms with Gasteiger partial charge in [0.2, 0.25) is 0 Å². The second-order valence-corrected chi connectivity index (χ2v) is 7.38. The van der Waals surface area contributed by atoms with Crippen molar-refractivity contribution >= 4 is 11.6 Å². The van der Waals surface area contributed by atoms with E-state index in [2.05, 4.69) is 39.9 Å². The highest BCUT2D eigenvalue weighted by atomic mass is 35.5. The van der Waals surface area contributed by atoms with Crippen LogP contribution in [-0.4, -0.2) is 19.2 Å². The summed E-state index contributed by atoms with van der Waals surface area (Å²) in [6.07, 6.45) is 3.23. The van der Waals surface area contributed by atoms with Crippen LogP contribution in [-0.2, 0) is 6.42 Å². The molecule has 0 radical (unpaired) electrons. The van der Waals surface area contributed by atoms with E-state index in [-0.39, 0.29) is 11.0 Å². The predicted molar refractivity (Wildman–Crippen MR) is 92.5 cm³/mol. The van der Waals surface area contributed by atoms with Crippen molar-refractivity contribution in [3.63, 3.8) is 0 Å². The van der Waals surface area contributed by atoms with E-state index in [0.29, 0.717) is 0 Å². The first-order chi connectivity index (χ1) is 9.75. The molecule has 2 nitrogen and oxygen atoms in total. The van der Waals surface area contributed by atoms with Crippen LogP contribution >= 0.6 is 11.6 Å². The van der Waals surface area contributed by atoms with Crippen LogP contribution in [0.4, 0.5) is 0 Å². The van der Waals surface area contributed by atoms with Gasteiger partial charge in [-0.15, -0.1) is 0 Å². The Morgan fingerprint density at radius 1 is 1.14 bits per heavy atom. The monoisotopic (exact) mass is 311 g/mol. The van der Waals surface area contributed by atoms with E-state index in [1.165, 1.54) is 5.56 Å². The first-order valence-electron chi connectivity index (χ1n) is 7.82. The molecule has 0 heterocycles. The van der Waals surface area contributed by atoms with Crippen LogP contribution in [0.15, 0.2) is 18.2 Å². The van der Waals surface area contributed by atoms with Crippen LogP contribution in [0.5, 0.6) is 5.75 Å². The topological polar surface area (TPSA) is 21.3 Å². The van der Waals surface area contributed by atoms with E-state index in [1.807, 2.05) is 18.2 Å². The third kappa shape index (κ3) is 5.52. The van der Waals surface area contributed by atoms with Crippen LogP contribution in [0.2, 0.25) is 5.02 Å². The lowest BCUT2D eigenvalue weighted by atomic mass is 9.76. The fourth-order valence-corrected chi connectivity index (χ4v) is 2.75. The predicted octanol–water partition coefficient (Wildman–Crippen LogP) is 5.09. The highest BCUT2D eigenvalue weighted by Crippen LogP contribution is 2.35. The zero-order chi connectivity index (χ0) is 16.1. The van der Waals surface area contributed by atoms with Gasteiger partial charge in [-0.05, 0) is 69.2 Å². The van der Waals surface area contributed by atoms with Gasteiger partial charge in [0.25, 0.3) is 0 Å². The number of rotatable bonds is 7. The maximum atomic E-state index is 6.17. The van der Waals surface area contributed by atoms with Crippen LogP contribution in [0.3, 0.4) is 0 Å². The van der Waals surface area contributed by atoms with Gasteiger partial charge in [-0.3, -0.25) is 0 Å². The molecule has 3 heteroatoms. The Balaban J connectivity index is 2.99. The molecule has 0 bridgehead atoms. The molecule has 0 aliphatic heterocycles. The SMILES string of the molecule is CCC(CC)(CNC(C)(C)C)Cc1cc(Cl)ccc1OC. The maximum absolute atomic E-state index is 6.17. The smallest absolute Gasteiger partial charge is 0.122 e. The molecule has 0 saturated carbocycles. The van der Waals surface area contributed by atoms with Crippen molar-refractivity contribution in [3.8, 4) is 5.75 Å². The Morgan fingerprint density at radius 2 is 1.76 bits per heavy atom. The fraction of sp³-hybridized carbons (Fsp3) is 0.667. The molecule has 0 amide bonds. The van der Waals surface area contributed by atoms with Gasteiger partial charge in [-0.1, -0.05) is 25.4 Å². The molecule has 120 valence electrons. The summed E-state index contributed by atoms with van der Waals surface area (Å²) in [4.78, 5) is 0. The zero-order valence-corrected chi connectivity index (χ0v) is 15.1. The molecule has 0 aromatic heterocycles. The maximum Gasteiger partial charge on any atom is 0.122 e. The molecule has 0 fully saturated rings. The highest BCUT2D eigenvalue weighted by molar-refractivity contribution is 6.30. The van der Waals surface area contributed by atoms with Crippen molar-refractivity contribution < 1.29 is 4.74 Å². The molecule has 0 aliphatic carbocycles. The summed E-state index contributed by atoms with van der Waals surface area (Å²) in [5.74, 6) is 0.932. The van der Waals surface area contributed by atoms with E-state index in [9.17, 15) is 0 Å². The molecule has 0 unspecified atom stereocenters. The Bertz CT molecular complexity index is 447. The quantitative estimate of drug-likeness (QED) is 0.757. The summed E-state index contributed by atoms with van der Waals surface area (Å²) in [6, 6.07) is 5.89. The average Bonchev–Trinajstić information content (AvgIpc) is 2.43. The second-order valence-electron chi connectivity index (χ2n) is 6.94. The molecule has 1 rings (SSSR count). The summed E-state index contributed by atoms with van der Waals surface area (Å²) in [5, 5.41) is 4.44. The van der Waals surface area contributed by atoms with E-state index in [1.54, 1.807) is 7.11 Å². The van der Waals surface area contributed by atoms with Crippen LogP contribution in [0, 0.1) is 5.41 Å². The molecule has 1 aromatic rings. The third-order valence-electron chi connectivity index (χ3n) is 4.30. The molecule has 1 N–H and O–H groups in total. The Kier molecular flexibility index (Phi) is 6.55. The summed E-state index contributed by atoms with van der Waals surface area (Å²) >= 11 is 6.17. The van der Waals surface area contributed by atoms with E-state index < -0.39 is 0 Å². The zero-order valence-electron chi connectivity index (χ0n) is 14.3. The van der Waals surface area contributed by atoms with E-state index >= 15 is 0 Å². The van der Waals surface area contributed by atoms with Crippen molar-refractivity contribution in [2.45, 2.75) is 59.4 Å². The second kappa shape index (κ2) is 7.51. The van der Waals surface area contributed by atoms with Gasteiger partial charge in [-0.2, -0.15) is 0 Å². The minimum absolute atomic E-state index is 0.133. The average molecular weight is 312 g/mol. The fourth-order valence-electron chi connectivity index (χ4n) is 2.55. The van der Waals surface area contributed by atoms with Crippen LogP contribution < -0.4 is 10.1 Å². The Labute approximate surface area is 135 Å². The number of halogens is 1. The third-order valence-corrected chi connectivity index (χ3v) is 4.54. The van der Waals surface area contributed by atoms with Gasteiger partial charge in [0.1, 0.15) is 5.75 Å². The number of hydrogen-bond donors (Lipinski definition) is 1. The minimum Gasteiger partial charge on any atom is -0.496 e. The van der Waals surface area contributed by atoms with Crippen molar-refractivity contribution in [2.75, 3.05) is 13.7 Å². The first-order valence-corrected chi connectivity index (χ1v) is 8.20. The van der Waals surface area contributed by atoms with Gasteiger partial charge in [0.05, 0.1) is 7.11 Å². The van der Waals surface area contributed by atoms with Crippen molar-refractivity contribution in [3.05, 3.63) is 28.8 Å². The van der Waals surface area contributed by atoms with Crippen LogP contribution in [0.25, 0.3) is 0 Å². The van der Waals surface area contributed by atoms with Crippen molar-refractivity contribution in [1.29, 1.82) is 0 Å². The number of ether oxygens (including phenoxy) is 1. The molecular weight excluding hydrogens is 282 g/mol. The lowest BCUT2D eigenvalue weighted by Gasteiger charge is -2.36. The summed E-state index contributed by atoms with van der Waals surface area (Å²) in [5.41, 5.74) is 1.56. The molecule has 1 aromatic carbocycles. The van der Waals surface area contributed by atoms with Crippen LogP contribution in [0.1, 0.15) is 53.0 Å². The highest BCUT2D eigenvalue weighted by Gasteiger charge is 2.29. The Hall–Kier alpha value is -0.730. The largest absolute Gasteiger partial charge is 0.496 e. The van der Waals surface area contributed by atoms with Gasteiger partial charge < -0.3 is 10.1 Å².